The normalized spacial score (nSPS) is 10.4. The molecule has 2 N–H and O–H groups in total. The van der Waals surface area contributed by atoms with E-state index in [-0.39, 0.29) is 0 Å². The fourth-order valence-corrected chi connectivity index (χ4v) is 1.80. The van der Waals surface area contributed by atoms with Crippen LogP contribution in [0.1, 0.15) is 18.9 Å². The Bertz CT molecular complexity index is 422. The van der Waals surface area contributed by atoms with Crippen molar-refractivity contribution in [2.45, 2.75) is 13.3 Å². The van der Waals surface area contributed by atoms with Crippen LogP contribution in [-0.2, 0) is 0 Å². The summed E-state index contributed by atoms with van der Waals surface area (Å²) in [6, 6.07) is 3.83. The van der Waals surface area contributed by atoms with Crippen LogP contribution in [0.25, 0.3) is 0 Å². The number of hydrogen-bond acceptors (Lipinski definition) is 5. The van der Waals surface area contributed by atoms with Gasteiger partial charge in [-0.15, -0.1) is 0 Å². The summed E-state index contributed by atoms with van der Waals surface area (Å²) in [5.74, 6) is 0.730. The molecule has 0 saturated heterocycles. The highest BCUT2D eigenvalue weighted by molar-refractivity contribution is 5.58. The van der Waals surface area contributed by atoms with Crippen molar-refractivity contribution in [2.24, 2.45) is 0 Å². The minimum Gasteiger partial charge on any atom is -0.397 e. The van der Waals surface area contributed by atoms with Gasteiger partial charge >= 0.3 is 0 Å². The molecule has 0 aliphatic heterocycles. The van der Waals surface area contributed by atoms with Gasteiger partial charge < -0.3 is 15.5 Å². The lowest BCUT2D eigenvalue weighted by Crippen LogP contribution is -2.28. The standard InChI is InChI=1S/C13H21N5/c1-4-18(7-5-6-17(2)3)13-11(9-14)8-12(15)10-16-13/h8,10H,4-7,15H2,1-3H3. The van der Waals surface area contributed by atoms with E-state index in [1.807, 2.05) is 0 Å². The summed E-state index contributed by atoms with van der Waals surface area (Å²) in [5, 5.41) is 9.12. The summed E-state index contributed by atoms with van der Waals surface area (Å²) < 4.78 is 0. The number of nitrogens with zero attached hydrogens (tertiary/aromatic N) is 4. The Morgan fingerprint density at radius 3 is 2.67 bits per heavy atom. The molecule has 0 aliphatic rings. The van der Waals surface area contributed by atoms with Crippen LogP contribution in [-0.4, -0.2) is 43.6 Å². The van der Waals surface area contributed by atoms with Crippen LogP contribution in [0.15, 0.2) is 12.3 Å². The predicted octanol–water partition coefficient (Wildman–Crippen LogP) is 1.31. The van der Waals surface area contributed by atoms with Gasteiger partial charge in [0, 0.05) is 13.1 Å². The lowest BCUT2D eigenvalue weighted by atomic mass is 10.2. The van der Waals surface area contributed by atoms with Crippen molar-refractivity contribution >= 4 is 11.5 Å². The SMILES string of the molecule is CCN(CCCN(C)C)c1ncc(N)cc1C#N. The summed E-state index contributed by atoms with van der Waals surface area (Å²) in [6.07, 6.45) is 2.64. The van der Waals surface area contributed by atoms with Gasteiger partial charge in [-0.2, -0.15) is 5.26 Å². The number of nitrogens with two attached hydrogens (primary N) is 1. The van der Waals surface area contributed by atoms with E-state index in [1.54, 1.807) is 12.3 Å². The fraction of sp³-hybridized carbons (Fsp3) is 0.538. The molecule has 18 heavy (non-hydrogen) atoms. The Labute approximate surface area is 109 Å². The fourth-order valence-electron chi connectivity index (χ4n) is 1.80. The van der Waals surface area contributed by atoms with Gasteiger partial charge in [0.2, 0.25) is 0 Å². The molecule has 0 amide bonds. The van der Waals surface area contributed by atoms with E-state index in [9.17, 15) is 0 Å². The van der Waals surface area contributed by atoms with Gasteiger partial charge in [0.15, 0.2) is 0 Å². The van der Waals surface area contributed by atoms with Gasteiger partial charge in [0.1, 0.15) is 11.9 Å². The lowest BCUT2D eigenvalue weighted by molar-refractivity contribution is 0.400. The number of anilines is 2. The minimum atomic E-state index is 0.527. The van der Waals surface area contributed by atoms with Crippen molar-refractivity contribution in [1.29, 1.82) is 5.26 Å². The maximum atomic E-state index is 9.12. The quantitative estimate of drug-likeness (QED) is 0.821. The molecule has 1 heterocycles. The third-order valence-corrected chi connectivity index (χ3v) is 2.72. The van der Waals surface area contributed by atoms with E-state index in [4.69, 9.17) is 11.0 Å². The van der Waals surface area contributed by atoms with Crippen LogP contribution in [0.3, 0.4) is 0 Å². The molecule has 0 radical (unpaired) electrons. The molecule has 0 saturated carbocycles. The minimum absolute atomic E-state index is 0.527. The third-order valence-electron chi connectivity index (χ3n) is 2.72. The first-order valence-electron chi connectivity index (χ1n) is 6.13. The second-order valence-corrected chi connectivity index (χ2v) is 4.49. The van der Waals surface area contributed by atoms with Crippen molar-refractivity contribution in [2.75, 3.05) is 44.4 Å². The van der Waals surface area contributed by atoms with Gasteiger partial charge in [-0.05, 0) is 40.1 Å². The van der Waals surface area contributed by atoms with Crippen LogP contribution in [0.2, 0.25) is 0 Å². The number of nitrogen functional groups attached to an aromatic ring is 1. The summed E-state index contributed by atoms with van der Waals surface area (Å²) in [4.78, 5) is 8.54. The van der Waals surface area contributed by atoms with Gasteiger partial charge in [-0.3, -0.25) is 0 Å². The molecule has 0 atom stereocenters. The van der Waals surface area contributed by atoms with Gasteiger partial charge in [-0.1, -0.05) is 0 Å². The van der Waals surface area contributed by atoms with Crippen LogP contribution in [0.5, 0.6) is 0 Å². The smallest absolute Gasteiger partial charge is 0.146 e. The third kappa shape index (κ3) is 3.90. The van der Waals surface area contributed by atoms with Crippen LogP contribution in [0.4, 0.5) is 11.5 Å². The Morgan fingerprint density at radius 2 is 2.11 bits per heavy atom. The number of pyridine rings is 1. The Kier molecular flexibility index (Phi) is 5.40. The number of nitriles is 1. The monoisotopic (exact) mass is 247 g/mol. The molecule has 1 rings (SSSR count). The number of aromatic nitrogens is 1. The molecule has 0 aromatic carbocycles. The average molecular weight is 247 g/mol. The van der Waals surface area contributed by atoms with E-state index in [2.05, 4.69) is 41.9 Å². The molecule has 0 bridgehead atoms. The highest BCUT2D eigenvalue weighted by Crippen LogP contribution is 2.19. The molecule has 1 aromatic rings. The zero-order valence-corrected chi connectivity index (χ0v) is 11.3. The Hall–Kier alpha value is -1.80. The first-order chi connectivity index (χ1) is 8.58. The van der Waals surface area contributed by atoms with E-state index in [0.717, 1.165) is 31.9 Å². The maximum Gasteiger partial charge on any atom is 0.146 e. The first-order valence-corrected chi connectivity index (χ1v) is 6.13. The van der Waals surface area contributed by atoms with Crippen LogP contribution < -0.4 is 10.6 Å². The van der Waals surface area contributed by atoms with Crippen molar-refractivity contribution in [3.8, 4) is 6.07 Å². The second kappa shape index (κ2) is 6.82. The highest BCUT2D eigenvalue weighted by Gasteiger charge is 2.11. The van der Waals surface area contributed by atoms with Crippen LogP contribution >= 0.6 is 0 Å². The van der Waals surface area contributed by atoms with Gasteiger partial charge in [0.05, 0.1) is 17.4 Å². The average Bonchev–Trinajstić information content (AvgIpc) is 2.34. The predicted molar refractivity (Wildman–Crippen MR) is 74.4 cm³/mol. The molecule has 0 unspecified atom stereocenters. The molecule has 98 valence electrons. The number of hydrogen-bond donors (Lipinski definition) is 1. The molecule has 5 heteroatoms. The molecule has 0 spiro atoms. The number of rotatable bonds is 6. The summed E-state index contributed by atoms with van der Waals surface area (Å²) in [5.41, 5.74) is 6.72. The molecule has 0 fully saturated rings. The summed E-state index contributed by atoms with van der Waals surface area (Å²) in [7, 11) is 4.11. The van der Waals surface area contributed by atoms with Crippen molar-refractivity contribution in [3.63, 3.8) is 0 Å². The molecule has 5 nitrogen and oxygen atoms in total. The summed E-state index contributed by atoms with van der Waals surface area (Å²) >= 11 is 0. The topological polar surface area (TPSA) is 69.2 Å². The zero-order valence-electron chi connectivity index (χ0n) is 11.3. The molecule has 0 aliphatic carbocycles. The molecule has 1 aromatic heterocycles. The molecular formula is C13H21N5. The molecular weight excluding hydrogens is 226 g/mol. The lowest BCUT2D eigenvalue weighted by Gasteiger charge is -2.23. The summed E-state index contributed by atoms with van der Waals surface area (Å²) in [6.45, 7) is 4.81. The maximum absolute atomic E-state index is 9.12. The zero-order chi connectivity index (χ0) is 13.5. The van der Waals surface area contributed by atoms with E-state index in [1.165, 1.54) is 0 Å². The second-order valence-electron chi connectivity index (χ2n) is 4.49. The first kappa shape index (κ1) is 14.3. The van der Waals surface area contributed by atoms with Crippen molar-refractivity contribution < 1.29 is 0 Å². The van der Waals surface area contributed by atoms with Crippen molar-refractivity contribution in [1.82, 2.24) is 9.88 Å². The van der Waals surface area contributed by atoms with Crippen LogP contribution in [0, 0.1) is 11.3 Å². The highest BCUT2D eigenvalue weighted by atomic mass is 15.2. The van der Waals surface area contributed by atoms with Crippen molar-refractivity contribution in [3.05, 3.63) is 17.8 Å². The van der Waals surface area contributed by atoms with E-state index in [0.29, 0.717) is 11.3 Å². The Morgan fingerprint density at radius 1 is 1.39 bits per heavy atom. The van der Waals surface area contributed by atoms with Gasteiger partial charge in [0.25, 0.3) is 0 Å². The van der Waals surface area contributed by atoms with E-state index >= 15 is 0 Å². The Balaban J connectivity index is 2.79. The van der Waals surface area contributed by atoms with E-state index < -0.39 is 0 Å². The largest absolute Gasteiger partial charge is 0.397 e. The van der Waals surface area contributed by atoms with Gasteiger partial charge in [-0.25, -0.2) is 4.98 Å².